The van der Waals surface area contributed by atoms with E-state index in [0.717, 1.165) is 16.5 Å². The van der Waals surface area contributed by atoms with Crippen molar-refractivity contribution in [3.63, 3.8) is 0 Å². The summed E-state index contributed by atoms with van der Waals surface area (Å²) in [4.78, 5) is 0. The zero-order valence-corrected chi connectivity index (χ0v) is 10.1. The van der Waals surface area contributed by atoms with Gasteiger partial charge in [0.2, 0.25) is 0 Å². The first-order valence-electron chi connectivity index (χ1n) is 5.86. The van der Waals surface area contributed by atoms with E-state index in [1.165, 1.54) is 12.1 Å². The van der Waals surface area contributed by atoms with Crippen molar-refractivity contribution in [2.24, 2.45) is 0 Å². The smallest absolute Gasteiger partial charge is 0.136 e. The summed E-state index contributed by atoms with van der Waals surface area (Å²) < 4.78 is 24.0. The molecule has 1 heterocycles. The molecule has 3 aromatic rings. The van der Waals surface area contributed by atoms with Crippen LogP contribution in [0.1, 0.15) is 5.56 Å². The fourth-order valence-corrected chi connectivity index (χ4v) is 1.93. The van der Waals surface area contributed by atoms with Gasteiger partial charge in [-0.3, -0.25) is 0 Å². The molecule has 0 spiro atoms. The lowest BCUT2D eigenvalue weighted by Crippen LogP contribution is -1.94. The number of rotatable bonds is 3. The highest BCUT2D eigenvalue weighted by molar-refractivity contribution is 5.83. The van der Waals surface area contributed by atoms with Crippen LogP contribution in [0.5, 0.6) is 5.75 Å². The summed E-state index contributed by atoms with van der Waals surface area (Å²) in [5.74, 6) is 0.173. The maximum absolute atomic E-state index is 13.0. The number of halogens is 1. The summed E-state index contributed by atoms with van der Waals surface area (Å²) in [5.41, 5.74) is 7.96. The van der Waals surface area contributed by atoms with Crippen LogP contribution in [0, 0.1) is 5.82 Å². The summed E-state index contributed by atoms with van der Waals surface area (Å²) in [6, 6.07) is 11.5. The van der Waals surface area contributed by atoms with Crippen LogP contribution < -0.4 is 10.5 Å². The van der Waals surface area contributed by atoms with Gasteiger partial charge in [0, 0.05) is 28.8 Å². The second-order valence-electron chi connectivity index (χ2n) is 4.26. The highest BCUT2D eigenvalue weighted by Gasteiger charge is 2.07. The molecular weight excluding hydrogens is 245 g/mol. The van der Waals surface area contributed by atoms with Crippen molar-refractivity contribution in [2.45, 2.75) is 6.61 Å². The number of nitrogens with two attached hydrogens (primary N) is 1. The van der Waals surface area contributed by atoms with E-state index in [1.807, 2.05) is 12.1 Å². The fourth-order valence-electron chi connectivity index (χ4n) is 1.93. The van der Waals surface area contributed by atoms with Crippen molar-refractivity contribution in [1.82, 2.24) is 0 Å². The van der Waals surface area contributed by atoms with Crippen LogP contribution in [0.25, 0.3) is 11.0 Å². The largest absolute Gasteiger partial charge is 0.489 e. The lowest BCUT2D eigenvalue weighted by molar-refractivity contribution is 0.304. The maximum Gasteiger partial charge on any atom is 0.136 e. The number of furan rings is 1. The second-order valence-corrected chi connectivity index (χ2v) is 4.26. The SMILES string of the molecule is Nc1ccc2c(COc3cccc(F)c3)coc2c1. The first-order valence-corrected chi connectivity index (χ1v) is 5.86. The fraction of sp³-hybridized carbons (Fsp3) is 0.0667. The number of nitrogen functional groups attached to an aromatic ring is 1. The molecule has 4 heteroatoms. The normalized spacial score (nSPS) is 10.8. The van der Waals surface area contributed by atoms with Crippen molar-refractivity contribution in [3.8, 4) is 5.75 Å². The number of benzene rings is 2. The molecule has 0 fully saturated rings. The Morgan fingerprint density at radius 1 is 1.16 bits per heavy atom. The first-order chi connectivity index (χ1) is 9.22. The van der Waals surface area contributed by atoms with E-state index in [-0.39, 0.29) is 5.82 Å². The quantitative estimate of drug-likeness (QED) is 0.727. The van der Waals surface area contributed by atoms with E-state index in [9.17, 15) is 4.39 Å². The Kier molecular flexibility index (Phi) is 2.83. The molecule has 96 valence electrons. The van der Waals surface area contributed by atoms with Crippen LogP contribution >= 0.6 is 0 Å². The molecule has 0 radical (unpaired) electrons. The van der Waals surface area contributed by atoms with Crippen LogP contribution in [-0.4, -0.2) is 0 Å². The van der Waals surface area contributed by atoms with Crippen molar-refractivity contribution < 1.29 is 13.5 Å². The molecule has 3 nitrogen and oxygen atoms in total. The van der Waals surface area contributed by atoms with E-state index in [1.54, 1.807) is 24.5 Å². The topological polar surface area (TPSA) is 48.4 Å². The van der Waals surface area contributed by atoms with Gasteiger partial charge in [-0.25, -0.2) is 4.39 Å². The van der Waals surface area contributed by atoms with Crippen molar-refractivity contribution in [3.05, 3.63) is 60.1 Å². The van der Waals surface area contributed by atoms with E-state index in [4.69, 9.17) is 14.9 Å². The average Bonchev–Trinajstić information content (AvgIpc) is 2.78. The number of ether oxygens (including phenoxy) is 1. The van der Waals surface area contributed by atoms with Crippen molar-refractivity contribution in [1.29, 1.82) is 0 Å². The molecule has 1 aromatic heterocycles. The molecule has 0 aliphatic carbocycles. The van der Waals surface area contributed by atoms with Gasteiger partial charge in [0.25, 0.3) is 0 Å². The Hall–Kier alpha value is -2.49. The van der Waals surface area contributed by atoms with Gasteiger partial charge < -0.3 is 14.9 Å². The lowest BCUT2D eigenvalue weighted by atomic mass is 10.2. The number of fused-ring (bicyclic) bond motifs is 1. The highest BCUT2D eigenvalue weighted by atomic mass is 19.1. The Morgan fingerprint density at radius 2 is 2.05 bits per heavy atom. The molecule has 0 unspecified atom stereocenters. The Bertz CT molecular complexity index is 721. The first kappa shape index (κ1) is 11.6. The van der Waals surface area contributed by atoms with Crippen molar-refractivity contribution >= 4 is 16.7 Å². The standard InChI is InChI=1S/C15H12FNO2/c16-11-2-1-3-13(6-11)18-8-10-9-19-15-7-12(17)4-5-14(10)15/h1-7,9H,8,17H2. The number of hydrogen-bond donors (Lipinski definition) is 1. The molecule has 0 bridgehead atoms. The minimum Gasteiger partial charge on any atom is -0.489 e. The van der Waals surface area contributed by atoms with Gasteiger partial charge in [-0.05, 0) is 24.3 Å². The molecule has 0 saturated carbocycles. The monoisotopic (exact) mass is 257 g/mol. The van der Waals surface area contributed by atoms with Crippen LogP contribution in [0.3, 0.4) is 0 Å². The molecule has 0 aliphatic heterocycles. The molecular formula is C15H12FNO2. The van der Waals surface area contributed by atoms with Crippen LogP contribution in [0.2, 0.25) is 0 Å². The summed E-state index contributed by atoms with van der Waals surface area (Å²) >= 11 is 0. The molecule has 0 atom stereocenters. The second kappa shape index (κ2) is 4.65. The summed E-state index contributed by atoms with van der Waals surface area (Å²) in [6.45, 7) is 0.320. The minimum atomic E-state index is -0.317. The molecule has 0 amide bonds. The minimum absolute atomic E-state index is 0.317. The number of hydrogen-bond acceptors (Lipinski definition) is 3. The summed E-state index contributed by atoms with van der Waals surface area (Å²) in [6.07, 6.45) is 1.63. The molecule has 2 N–H and O–H groups in total. The predicted molar refractivity (Wildman–Crippen MR) is 71.4 cm³/mol. The Balaban J connectivity index is 1.82. The third-order valence-corrected chi connectivity index (χ3v) is 2.87. The average molecular weight is 257 g/mol. The van der Waals surface area contributed by atoms with Crippen LogP contribution in [0.15, 0.2) is 53.1 Å². The zero-order valence-electron chi connectivity index (χ0n) is 10.1. The van der Waals surface area contributed by atoms with Gasteiger partial charge in [0.15, 0.2) is 0 Å². The molecule has 19 heavy (non-hydrogen) atoms. The van der Waals surface area contributed by atoms with E-state index in [2.05, 4.69) is 0 Å². The van der Waals surface area contributed by atoms with Gasteiger partial charge in [-0.1, -0.05) is 6.07 Å². The van der Waals surface area contributed by atoms with E-state index in [0.29, 0.717) is 18.0 Å². The third kappa shape index (κ3) is 2.38. The van der Waals surface area contributed by atoms with Gasteiger partial charge in [0.1, 0.15) is 23.8 Å². The van der Waals surface area contributed by atoms with E-state index < -0.39 is 0 Å². The summed E-state index contributed by atoms with van der Waals surface area (Å²) in [5, 5.41) is 0.950. The molecule has 2 aromatic carbocycles. The predicted octanol–water partition coefficient (Wildman–Crippen LogP) is 3.73. The number of anilines is 1. The van der Waals surface area contributed by atoms with Crippen LogP contribution in [-0.2, 0) is 6.61 Å². The Labute approximate surface area is 109 Å². The van der Waals surface area contributed by atoms with Crippen LogP contribution in [0.4, 0.5) is 10.1 Å². The summed E-state index contributed by atoms with van der Waals surface area (Å²) in [7, 11) is 0. The van der Waals surface area contributed by atoms with E-state index >= 15 is 0 Å². The van der Waals surface area contributed by atoms with Gasteiger partial charge in [-0.15, -0.1) is 0 Å². The zero-order chi connectivity index (χ0) is 13.2. The highest BCUT2D eigenvalue weighted by Crippen LogP contribution is 2.24. The van der Waals surface area contributed by atoms with Gasteiger partial charge >= 0.3 is 0 Å². The maximum atomic E-state index is 13.0. The van der Waals surface area contributed by atoms with Gasteiger partial charge in [0.05, 0.1) is 6.26 Å². The lowest BCUT2D eigenvalue weighted by Gasteiger charge is -2.04. The van der Waals surface area contributed by atoms with Gasteiger partial charge in [-0.2, -0.15) is 0 Å². The molecule has 0 aliphatic rings. The van der Waals surface area contributed by atoms with Crippen molar-refractivity contribution in [2.75, 3.05) is 5.73 Å². The Morgan fingerprint density at radius 3 is 2.89 bits per heavy atom. The molecule has 0 saturated heterocycles. The third-order valence-electron chi connectivity index (χ3n) is 2.87. The molecule has 3 rings (SSSR count).